The van der Waals surface area contributed by atoms with Crippen LogP contribution in [0.2, 0.25) is 0 Å². The van der Waals surface area contributed by atoms with E-state index in [2.05, 4.69) is 42.8 Å². The van der Waals surface area contributed by atoms with Crippen LogP contribution in [-0.2, 0) is 0 Å². The predicted molar refractivity (Wildman–Crippen MR) is 81.2 cm³/mol. The van der Waals surface area contributed by atoms with E-state index in [0.717, 1.165) is 31.9 Å². The summed E-state index contributed by atoms with van der Waals surface area (Å²) in [4.78, 5) is 4.92. The maximum Gasteiger partial charge on any atom is 0.127 e. The number of likely N-dealkylation sites (N-methyl/N-ethyl adjacent to an activating group) is 1. The van der Waals surface area contributed by atoms with Crippen LogP contribution in [0.25, 0.3) is 0 Å². The van der Waals surface area contributed by atoms with Crippen molar-refractivity contribution in [3.8, 4) is 5.75 Å². The fourth-order valence-corrected chi connectivity index (χ4v) is 3.40. The van der Waals surface area contributed by atoms with Gasteiger partial charge < -0.3 is 15.4 Å². The van der Waals surface area contributed by atoms with Gasteiger partial charge in [-0.15, -0.1) is 0 Å². The Balaban J connectivity index is 1.97. The lowest BCUT2D eigenvalue weighted by Gasteiger charge is -2.43. The monoisotopic (exact) mass is 275 g/mol. The molecule has 2 aliphatic rings. The Labute approximate surface area is 121 Å². The SMILES string of the molecule is Cc1ccc(C)c2c1OCC(N)C2N1CCN(C)CC1. The molecule has 2 unspecified atom stereocenters. The molecule has 1 fully saturated rings. The van der Waals surface area contributed by atoms with E-state index in [0.29, 0.717) is 12.6 Å². The second kappa shape index (κ2) is 5.35. The maximum atomic E-state index is 6.40. The van der Waals surface area contributed by atoms with E-state index >= 15 is 0 Å². The second-order valence-corrected chi connectivity index (χ2v) is 6.20. The minimum Gasteiger partial charge on any atom is -0.491 e. The van der Waals surface area contributed by atoms with Crippen LogP contribution in [0.5, 0.6) is 5.75 Å². The van der Waals surface area contributed by atoms with Gasteiger partial charge in [0.1, 0.15) is 12.4 Å². The van der Waals surface area contributed by atoms with Crippen molar-refractivity contribution in [2.24, 2.45) is 5.73 Å². The van der Waals surface area contributed by atoms with E-state index in [-0.39, 0.29) is 6.04 Å². The fourth-order valence-electron chi connectivity index (χ4n) is 3.40. The zero-order chi connectivity index (χ0) is 14.3. The Hall–Kier alpha value is -1.10. The molecule has 0 bridgehead atoms. The standard InChI is InChI=1S/C16H25N3O/c1-11-4-5-12(2)16-14(11)15(13(17)10-20-16)19-8-6-18(3)7-9-19/h4-5,13,15H,6-10,17H2,1-3H3. The Morgan fingerprint density at radius 2 is 1.75 bits per heavy atom. The van der Waals surface area contributed by atoms with Gasteiger partial charge in [0.2, 0.25) is 0 Å². The van der Waals surface area contributed by atoms with Crippen molar-refractivity contribution in [3.05, 3.63) is 28.8 Å². The van der Waals surface area contributed by atoms with Crippen molar-refractivity contribution in [1.29, 1.82) is 0 Å². The lowest BCUT2D eigenvalue weighted by atomic mass is 9.89. The minimum absolute atomic E-state index is 0.0615. The number of aryl methyl sites for hydroxylation is 2. The zero-order valence-corrected chi connectivity index (χ0v) is 12.7. The van der Waals surface area contributed by atoms with Crippen LogP contribution in [-0.4, -0.2) is 55.7 Å². The summed E-state index contributed by atoms with van der Waals surface area (Å²) in [5.74, 6) is 1.07. The number of fused-ring (bicyclic) bond motifs is 1. The molecule has 4 nitrogen and oxygen atoms in total. The largest absolute Gasteiger partial charge is 0.491 e. The maximum absolute atomic E-state index is 6.40. The molecule has 4 heteroatoms. The molecular formula is C16H25N3O. The first-order valence-electron chi connectivity index (χ1n) is 7.49. The number of ether oxygens (including phenoxy) is 1. The molecule has 0 aliphatic carbocycles. The van der Waals surface area contributed by atoms with Crippen molar-refractivity contribution < 1.29 is 4.74 Å². The van der Waals surface area contributed by atoms with Crippen molar-refractivity contribution >= 4 is 0 Å². The number of benzene rings is 1. The van der Waals surface area contributed by atoms with Gasteiger partial charge in [-0.3, -0.25) is 4.90 Å². The molecule has 1 aromatic rings. The highest BCUT2D eigenvalue weighted by atomic mass is 16.5. The molecule has 2 atom stereocenters. The van der Waals surface area contributed by atoms with Crippen LogP contribution in [0.4, 0.5) is 0 Å². The van der Waals surface area contributed by atoms with Crippen LogP contribution >= 0.6 is 0 Å². The number of hydrogen-bond donors (Lipinski definition) is 1. The first-order valence-corrected chi connectivity index (χ1v) is 7.49. The van der Waals surface area contributed by atoms with Crippen LogP contribution in [0, 0.1) is 13.8 Å². The van der Waals surface area contributed by atoms with Crippen LogP contribution < -0.4 is 10.5 Å². The Kier molecular flexibility index (Phi) is 3.71. The summed E-state index contributed by atoms with van der Waals surface area (Å²) >= 11 is 0. The van der Waals surface area contributed by atoms with Crippen molar-refractivity contribution in [2.45, 2.75) is 25.9 Å². The molecule has 0 spiro atoms. The summed E-state index contributed by atoms with van der Waals surface area (Å²) in [6.07, 6.45) is 0. The molecule has 0 saturated carbocycles. The van der Waals surface area contributed by atoms with E-state index in [1.807, 2.05) is 0 Å². The summed E-state index contributed by atoms with van der Waals surface area (Å²) in [5.41, 5.74) is 10.2. The van der Waals surface area contributed by atoms with Gasteiger partial charge in [0.25, 0.3) is 0 Å². The third-order valence-corrected chi connectivity index (χ3v) is 4.66. The van der Waals surface area contributed by atoms with Gasteiger partial charge in [-0.1, -0.05) is 12.1 Å². The van der Waals surface area contributed by atoms with Gasteiger partial charge in [0.15, 0.2) is 0 Å². The second-order valence-electron chi connectivity index (χ2n) is 6.20. The summed E-state index contributed by atoms with van der Waals surface area (Å²) in [7, 11) is 2.19. The van der Waals surface area contributed by atoms with Crippen LogP contribution in [0.15, 0.2) is 12.1 Å². The number of rotatable bonds is 1. The van der Waals surface area contributed by atoms with Crippen LogP contribution in [0.3, 0.4) is 0 Å². The molecule has 3 rings (SSSR count). The minimum atomic E-state index is 0.0615. The third kappa shape index (κ3) is 2.32. The molecule has 1 saturated heterocycles. The highest BCUT2D eigenvalue weighted by Gasteiger charge is 2.36. The highest BCUT2D eigenvalue weighted by molar-refractivity contribution is 5.49. The summed E-state index contributed by atoms with van der Waals surface area (Å²) in [6.45, 7) is 9.31. The average molecular weight is 275 g/mol. The molecule has 20 heavy (non-hydrogen) atoms. The van der Waals surface area contributed by atoms with Gasteiger partial charge in [0, 0.05) is 31.7 Å². The lowest BCUT2D eigenvalue weighted by Crippen LogP contribution is -2.53. The van der Waals surface area contributed by atoms with Gasteiger partial charge in [-0.25, -0.2) is 0 Å². The van der Waals surface area contributed by atoms with E-state index < -0.39 is 0 Å². The quantitative estimate of drug-likeness (QED) is 0.839. The van der Waals surface area contributed by atoms with E-state index in [1.165, 1.54) is 16.7 Å². The molecule has 0 aromatic heterocycles. The van der Waals surface area contributed by atoms with Gasteiger partial charge >= 0.3 is 0 Å². The smallest absolute Gasteiger partial charge is 0.127 e. The van der Waals surface area contributed by atoms with E-state index in [9.17, 15) is 0 Å². The fraction of sp³-hybridized carbons (Fsp3) is 0.625. The molecule has 2 N–H and O–H groups in total. The molecule has 0 amide bonds. The predicted octanol–water partition coefficient (Wildman–Crippen LogP) is 1.31. The Morgan fingerprint density at radius 3 is 2.45 bits per heavy atom. The summed E-state index contributed by atoms with van der Waals surface area (Å²) in [5, 5.41) is 0. The first kappa shape index (κ1) is 13.9. The molecule has 0 radical (unpaired) electrons. The molecule has 1 aromatic carbocycles. The van der Waals surface area contributed by atoms with Gasteiger partial charge in [-0.05, 0) is 32.0 Å². The third-order valence-electron chi connectivity index (χ3n) is 4.66. The number of piperazine rings is 1. The topological polar surface area (TPSA) is 41.7 Å². The highest BCUT2D eigenvalue weighted by Crippen LogP contribution is 2.40. The number of nitrogens with zero attached hydrogens (tertiary/aromatic N) is 2. The van der Waals surface area contributed by atoms with E-state index in [1.54, 1.807) is 0 Å². The van der Waals surface area contributed by atoms with Crippen molar-refractivity contribution in [1.82, 2.24) is 9.80 Å². The summed E-state index contributed by atoms with van der Waals surface area (Å²) < 4.78 is 5.93. The zero-order valence-electron chi connectivity index (χ0n) is 12.7. The van der Waals surface area contributed by atoms with Crippen LogP contribution in [0.1, 0.15) is 22.7 Å². The average Bonchev–Trinajstić information content (AvgIpc) is 2.44. The summed E-state index contributed by atoms with van der Waals surface area (Å²) in [6, 6.07) is 4.70. The number of hydrogen-bond acceptors (Lipinski definition) is 4. The molecular weight excluding hydrogens is 250 g/mol. The Bertz CT molecular complexity index is 495. The van der Waals surface area contributed by atoms with Crippen molar-refractivity contribution in [2.75, 3.05) is 39.8 Å². The Morgan fingerprint density at radius 1 is 1.10 bits per heavy atom. The lowest BCUT2D eigenvalue weighted by molar-refractivity contribution is 0.0717. The van der Waals surface area contributed by atoms with Crippen molar-refractivity contribution in [3.63, 3.8) is 0 Å². The normalized spacial score (nSPS) is 28.0. The van der Waals surface area contributed by atoms with E-state index in [4.69, 9.17) is 10.5 Å². The number of nitrogens with two attached hydrogens (primary N) is 1. The van der Waals surface area contributed by atoms with Gasteiger partial charge in [-0.2, -0.15) is 0 Å². The molecule has 2 heterocycles. The molecule has 2 aliphatic heterocycles. The first-order chi connectivity index (χ1) is 9.58. The molecule has 110 valence electrons. The van der Waals surface area contributed by atoms with Gasteiger partial charge in [0.05, 0.1) is 12.1 Å².